The highest BCUT2D eigenvalue weighted by Gasteiger charge is 2.32. The van der Waals surface area contributed by atoms with E-state index in [-0.39, 0.29) is 5.92 Å². The standard InChI is InChI=1S/C14H17N3O2S/c1-16-7-8-17(14(19)13(16)18)9-11(12(15)20)10-5-3-2-4-6-10/h2-6,11H,7-9H2,1H3,(H2,15,20). The minimum Gasteiger partial charge on any atom is -0.393 e. The van der Waals surface area contributed by atoms with E-state index in [1.807, 2.05) is 30.3 Å². The Hall–Kier alpha value is -1.95. The molecule has 0 bridgehead atoms. The SMILES string of the molecule is CN1CCN(CC(C(N)=S)c2ccccc2)C(=O)C1=O. The summed E-state index contributed by atoms with van der Waals surface area (Å²) in [5, 5.41) is 0. The van der Waals surface area contributed by atoms with Crippen LogP contribution >= 0.6 is 12.2 Å². The second kappa shape index (κ2) is 6.00. The molecule has 1 unspecified atom stereocenters. The van der Waals surface area contributed by atoms with E-state index >= 15 is 0 Å². The first-order valence-electron chi connectivity index (χ1n) is 6.39. The number of nitrogens with two attached hydrogens (primary N) is 1. The first-order valence-corrected chi connectivity index (χ1v) is 6.80. The number of thiocarbonyl (C=S) groups is 1. The molecule has 6 heteroatoms. The molecule has 1 aromatic rings. The van der Waals surface area contributed by atoms with Gasteiger partial charge in [-0.1, -0.05) is 42.5 Å². The highest BCUT2D eigenvalue weighted by molar-refractivity contribution is 7.80. The predicted molar refractivity (Wildman–Crippen MR) is 80.2 cm³/mol. The molecular formula is C14H17N3O2S. The highest BCUT2D eigenvalue weighted by atomic mass is 32.1. The van der Waals surface area contributed by atoms with Crippen LogP contribution in [-0.4, -0.2) is 53.3 Å². The van der Waals surface area contributed by atoms with Gasteiger partial charge in [-0.15, -0.1) is 0 Å². The molecule has 0 spiro atoms. The molecule has 1 heterocycles. The van der Waals surface area contributed by atoms with Crippen LogP contribution < -0.4 is 5.73 Å². The number of hydrogen-bond donors (Lipinski definition) is 1. The second-order valence-electron chi connectivity index (χ2n) is 4.84. The average Bonchev–Trinajstić information content (AvgIpc) is 2.45. The van der Waals surface area contributed by atoms with Crippen LogP contribution in [0.2, 0.25) is 0 Å². The van der Waals surface area contributed by atoms with Crippen molar-refractivity contribution in [3.63, 3.8) is 0 Å². The maximum Gasteiger partial charge on any atom is 0.312 e. The molecule has 2 rings (SSSR count). The van der Waals surface area contributed by atoms with E-state index in [9.17, 15) is 9.59 Å². The minimum absolute atomic E-state index is 0.230. The zero-order valence-corrected chi connectivity index (χ0v) is 12.1. The van der Waals surface area contributed by atoms with Crippen molar-refractivity contribution in [2.75, 3.05) is 26.7 Å². The Kier molecular flexibility index (Phi) is 4.34. The fraction of sp³-hybridized carbons (Fsp3) is 0.357. The van der Waals surface area contributed by atoms with Crippen molar-refractivity contribution < 1.29 is 9.59 Å². The van der Waals surface area contributed by atoms with E-state index in [1.165, 1.54) is 9.80 Å². The molecule has 0 saturated carbocycles. The predicted octanol–water partition coefficient (Wildman–Crippen LogP) is 0.357. The molecular weight excluding hydrogens is 274 g/mol. The number of hydrogen-bond acceptors (Lipinski definition) is 3. The van der Waals surface area contributed by atoms with Gasteiger partial charge in [0.15, 0.2) is 0 Å². The summed E-state index contributed by atoms with van der Waals surface area (Å²) < 4.78 is 0. The summed E-state index contributed by atoms with van der Waals surface area (Å²) in [5.41, 5.74) is 6.75. The summed E-state index contributed by atoms with van der Waals surface area (Å²) in [4.78, 5) is 27.0. The lowest BCUT2D eigenvalue weighted by Gasteiger charge is -2.33. The summed E-state index contributed by atoms with van der Waals surface area (Å²) in [6.07, 6.45) is 0. The molecule has 1 atom stereocenters. The number of piperazine rings is 1. The van der Waals surface area contributed by atoms with Crippen molar-refractivity contribution in [2.45, 2.75) is 5.92 Å². The fourth-order valence-electron chi connectivity index (χ4n) is 2.21. The van der Waals surface area contributed by atoms with E-state index in [1.54, 1.807) is 7.05 Å². The third-order valence-electron chi connectivity index (χ3n) is 3.47. The summed E-state index contributed by atoms with van der Waals surface area (Å²) in [6, 6.07) is 9.55. The Morgan fingerprint density at radius 3 is 2.50 bits per heavy atom. The Morgan fingerprint density at radius 2 is 1.90 bits per heavy atom. The first-order chi connectivity index (χ1) is 9.50. The van der Waals surface area contributed by atoms with Gasteiger partial charge in [0.05, 0.1) is 10.9 Å². The van der Waals surface area contributed by atoms with E-state index < -0.39 is 11.8 Å². The van der Waals surface area contributed by atoms with Crippen LogP contribution in [0.1, 0.15) is 11.5 Å². The van der Waals surface area contributed by atoms with E-state index in [0.29, 0.717) is 24.6 Å². The van der Waals surface area contributed by atoms with Crippen molar-refractivity contribution in [3.8, 4) is 0 Å². The van der Waals surface area contributed by atoms with Gasteiger partial charge in [0, 0.05) is 26.7 Å². The van der Waals surface area contributed by atoms with Gasteiger partial charge >= 0.3 is 11.8 Å². The number of benzene rings is 1. The topological polar surface area (TPSA) is 66.6 Å². The van der Waals surface area contributed by atoms with Crippen LogP contribution in [-0.2, 0) is 9.59 Å². The van der Waals surface area contributed by atoms with Gasteiger partial charge in [-0.2, -0.15) is 0 Å². The smallest absolute Gasteiger partial charge is 0.312 e. The van der Waals surface area contributed by atoms with E-state index in [2.05, 4.69) is 0 Å². The van der Waals surface area contributed by atoms with Crippen LogP contribution in [0, 0.1) is 0 Å². The second-order valence-corrected chi connectivity index (χ2v) is 5.31. The van der Waals surface area contributed by atoms with Crippen LogP contribution in [0.25, 0.3) is 0 Å². The Bertz CT molecular complexity index is 532. The average molecular weight is 291 g/mol. The number of carbonyl (C=O) groups excluding carboxylic acids is 2. The lowest BCUT2D eigenvalue weighted by molar-refractivity contribution is -0.154. The summed E-state index contributed by atoms with van der Waals surface area (Å²) in [6.45, 7) is 1.38. The molecule has 1 aliphatic heterocycles. The van der Waals surface area contributed by atoms with E-state index in [4.69, 9.17) is 18.0 Å². The lowest BCUT2D eigenvalue weighted by Crippen LogP contribution is -2.54. The van der Waals surface area contributed by atoms with Crippen molar-refractivity contribution in [3.05, 3.63) is 35.9 Å². The van der Waals surface area contributed by atoms with Crippen molar-refractivity contribution in [2.24, 2.45) is 5.73 Å². The number of amides is 2. The number of likely N-dealkylation sites (N-methyl/N-ethyl adjacent to an activating group) is 1. The van der Waals surface area contributed by atoms with Crippen LogP contribution in [0.3, 0.4) is 0 Å². The highest BCUT2D eigenvalue weighted by Crippen LogP contribution is 2.19. The Morgan fingerprint density at radius 1 is 1.25 bits per heavy atom. The van der Waals surface area contributed by atoms with Crippen LogP contribution in [0.5, 0.6) is 0 Å². The van der Waals surface area contributed by atoms with Gasteiger partial charge in [-0.3, -0.25) is 9.59 Å². The first kappa shape index (κ1) is 14.5. The third kappa shape index (κ3) is 2.96. The van der Waals surface area contributed by atoms with Gasteiger partial charge < -0.3 is 15.5 Å². The largest absolute Gasteiger partial charge is 0.393 e. The molecule has 2 N–H and O–H groups in total. The van der Waals surface area contributed by atoms with Gasteiger partial charge in [0.1, 0.15) is 0 Å². The Labute approximate surface area is 123 Å². The van der Waals surface area contributed by atoms with Crippen molar-refractivity contribution in [1.82, 2.24) is 9.80 Å². The number of nitrogens with zero attached hydrogens (tertiary/aromatic N) is 2. The quantitative estimate of drug-likeness (QED) is 0.642. The molecule has 1 fully saturated rings. The molecule has 1 aromatic carbocycles. The van der Waals surface area contributed by atoms with E-state index in [0.717, 1.165) is 5.56 Å². The van der Waals surface area contributed by atoms with Gasteiger partial charge in [-0.05, 0) is 5.56 Å². The third-order valence-corrected chi connectivity index (χ3v) is 3.76. The normalized spacial score (nSPS) is 17.2. The molecule has 1 saturated heterocycles. The maximum atomic E-state index is 12.0. The monoisotopic (exact) mass is 291 g/mol. The van der Waals surface area contributed by atoms with Gasteiger partial charge in [0.2, 0.25) is 0 Å². The van der Waals surface area contributed by atoms with Crippen LogP contribution in [0.4, 0.5) is 0 Å². The van der Waals surface area contributed by atoms with Crippen molar-refractivity contribution >= 4 is 29.0 Å². The van der Waals surface area contributed by atoms with Crippen LogP contribution in [0.15, 0.2) is 30.3 Å². The molecule has 2 amide bonds. The van der Waals surface area contributed by atoms with Gasteiger partial charge in [-0.25, -0.2) is 0 Å². The number of carbonyl (C=O) groups is 2. The van der Waals surface area contributed by atoms with Crippen molar-refractivity contribution in [1.29, 1.82) is 0 Å². The zero-order chi connectivity index (χ0) is 14.7. The minimum atomic E-state index is -0.490. The molecule has 106 valence electrons. The summed E-state index contributed by atoms with van der Waals surface area (Å²) >= 11 is 5.10. The Balaban J connectivity index is 2.16. The zero-order valence-electron chi connectivity index (χ0n) is 11.3. The molecule has 20 heavy (non-hydrogen) atoms. The lowest BCUT2D eigenvalue weighted by atomic mass is 9.98. The molecule has 0 aliphatic carbocycles. The maximum absolute atomic E-state index is 12.0. The number of rotatable bonds is 4. The summed E-state index contributed by atoms with van der Waals surface area (Å²) in [7, 11) is 1.62. The molecule has 0 aromatic heterocycles. The fourth-order valence-corrected chi connectivity index (χ4v) is 2.42. The molecule has 1 aliphatic rings. The molecule has 5 nitrogen and oxygen atoms in total. The van der Waals surface area contributed by atoms with Gasteiger partial charge in [0.25, 0.3) is 0 Å². The molecule has 0 radical (unpaired) electrons. The summed E-state index contributed by atoms with van der Waals surface area (Å²) in [5.74, 6) is -1.20.